The maximum absolute atomic E-state index is 13.7. The Hall–Kier alpha value is -2.64. The van der Waals surface area contributed by atoms with Crippen LogP contribution in [0.25, 0.3) is 0 Å². The molecule has 7 heteroatoms. The topological polar surface area (TPSA) is 63.2 Å². The number of methoxy groups -OCH3 is 4. The highest BCUT2D eigenvalue weighted by molar-refractivity contribution is 5.71. The second-order valence-corrected chi connectivity index (χ2v) is 6.56. The molecule has 2 bridgehead atoms. The molecule has 2 heterocycles. The summed E-state index contributed by atoms with van der Waals surface area (Å²) in [7, 11) is 6.39. The number of anilines is 1. The van der Waals surface area contributed by atoms with E-state index in [1.54, 1.807) is 28.4 Å². The molecule has 0 fully saturated rings. The molecule has 26 heavy (non-hydrogen) atoms. The van der Waals surface area contributed by atoms with Gasteiger partial charge in [0.25, 0.3) is 0 Å². The van der Waals surface area contributed by atoms with Gasteiger partial charge in [0.05, 0.1) is 40.7 Å². The number of quaternary nitrogens is 1. The van der Waals surface area contributed by atoms with Crippen molar-refractivity contribution in [2.24, 2.45) is 0 Å². The van der Waals surface area contributed by atoms with E-state index in [4.69, 9.17) is 18.9 Å². The van der Waals surface area contributed by atoms with E-state index in [1.165, 1.54) is 0 Å². The third kappa shape index (κ3) is 2.35. The maximum atomic E-state index is 13.7. The number of rotatable bonds is 4. The number of fused-ring (bicyclic) bond motifs is 6. The zero-order valence-corrected chi connectivity index (χ0v) is 15.4. The highest BCUT2D eigenvalue weighted by Gasteiger charge is 2.40. The van der Waals surface area contributed by atoms with Crippen LogP contribution >= 0.6 is 0 Å². The van der Waals surface area contributed by atoms with Gasteiger partial charge < -0.3 is 33.7 Å². The van der Waals surface area contributed by atoms with Gasteiger partial charge >= 0.3 is 0 Å². The molecule has 0 radical (unpaired) electrons. The molecule has 0 saturated heterocycles. The van der Waals surface area contributed by atoms with Crippen molar-refractivity contribution in [1.29, 1.82) is 0 Å². The molecule has 2 aliphatic rings. The monoisotopic (exact) mass is 358 g/mol. The van der Waals surface area contributed by atoms with Crippen LogP contribution in [0.3, 0.4) is 0 Å². The van der Waals surface area contributed by atoms with Crippen LogP contribution in [0.2, 0.25) is 0 Å². The quantitative estimate of drug-likeness (QED) is 0.618. The lowest BCUT2D eigenvalue weighted by molar-refractivity contribution is 0.311. The van der Waals surface area contributed by atoms with E-state index >= 15 is 0 Å². The highest BCUT2D eigenvalue weighted by atomic mass is 16.6. The van der Waals surface area contributed by atoms with Crippen molar-refractivity contribution in [3.63, 3.8) is 0 Å². The van der Waals surface area contributed by atoms with Crippen molar-refractivity contribution in [1.82, 2.24) is 4.65 Å². The number of ether oxygens (including phenoxy) is 4. The summed E-state index contributed by atoms with van der Waals surface area (Å²) in [6.45, 7) is 1.31. The summed E-state index contributed by atoms with van der Waals surface area (Å²) < 4.78 is 21.2. The van der Waals surface area contributed by atoms with Gasteiger partial charge in [0, 0.05) is 23.3 Å². The first-order chi connectivity index (χ1) is 12.5. The van der Waals surface area contributed by atoms with Crippen molar-refractivity contribution in [2.45, 2.75) is 13.1 Å². The van der Waals surface area contributed by atoms with Gasteiger partial charge in [-0.2, -0.15) is 0 Å². The van der Waals surface area contributed by atoms with Crippen LogP contribution in [0.15, 0.2) is 24.3 Å². The van der Waals surface area contributed by atoms with Crippen LogP contribution in [-0.2, 0) is 13.1 Å². The summed E-state index contributed by atoms with van der Waals surface area (Å²) in [4.78, 5) is 2.09. The van der Waals surface area contributed by atoms with E-state index in [9.17, 15) is 5.21 Å². The SMILES string of the molecule is COc1cc2c(cc1OC)N1Cc3cc(OC)c(OC)cc3[N+]([O-])(C2)C1. The molecule has 0 spiro atoms. The number of benzene rings is 2. The van der Waals surface area contributed by atoms with Gasteiger partial charge in [-0.05, 0) is 12.1 Å². The van der Waals surface area contributed by atoms with Crippen molar-refractivity contribution in [3.8, 4) is 23.0 Å². The fourth-order valence-electron chi connectivity index (χ4n) is 3.93. The van der Waals surface area contributed by atoms with E-state index in [2.05, 4.69) is 4.90 Å². The van der Waals surface area contributed by atoms with Crippen LogP contribution in [0.5, 0.6) is 23.0 Å². The Bertz CT molecular complexity index is 869. The lowest BCUT2D eigenvalue weighted by Gasteiger charge is -2.53. The molecule has 2 aliphatic heterocycles. The van der Waals surface area contributed by atoms with E-state index in [-0.39, 0.29) is 0 Å². The summed E-state index contributed by atoms with van der Waals surface area (Å²) in [6, 6.07) is 7.56. The van der Waals surface area contributed by atoms with Crippen molar-refractivity contribution < 1.29 is 18.9 Å². The second-order valence-electron chi connectivity index (χ2n) is 6.56. The molecule has 0 N–H and O–H groups in total. The lowest BCUT2D eigenvalue weighted by Crippen LogP contribution is -2.57. The average molecular weight is 358 g/mol. The Kier molecular flexibility index (Phi) is 3.86. The molecule has 2 aromatic carbocycles. The zero-order chi connectivity index (χ0) is 18.5. The lowest BCUT2D eigenvalue weighted by atomic mass is 10.00. The molecule has 0 saturated carbocycles. The fraction of sp³-hybridized carbons (Fsp3) is 0.368. The summed E-state index contributed by atoms with van der Waals surface area (Å²) >= 11 is 0. The molecule has 1 atom stereocenters. The van der Waals surface area contributed by atoms with Crippen LogP contribution in [0, 0.1) is 5.21 Å². The van der Waals surface area contributed by atoms with Gasteiger partial charge in [-0.15, -0.1) is 0 Å². The van der Waals surface area contributed by atoms with E-state index in [1.807, 2.05) is 24.3 Å². The average Bonchev–Trinajstić information content (AvgIpc) is 2.65. The standard InChI is InChI=1S/C19H22N2O5/c1-23-16-5-12-9-20-11-21(22,15(12)8-19(16)26-4)10-13-6-17(24-2)18(25-3)7-14(13)20/h5-8H,9-11H2,1-4H3. The predicted molar refractivity (Wildman–Crippen MR) is 99.0 cm³/mol. The van der Waals surface area contributed by atoms with Gasteiger partial charge in [0.15, 0.2) is 29.7 Å². The molecule has 0 aromatic heterocycles. The minimum Gasteiger partial charge on any atom is -0.626 e. The smallest absolute Gasteiger partial charge is 0.166 e. The van der Waals surface area contributed by atoms with Gasteiger partial charge in [-0.1, -0.05) is 0 Å². The Morgan fingerprint density at radius 1 is 0.808 bits per heavy atom. The Morgan fingerprint density at radius 3 is 1.96 bits per heavy atom. The molecule has 1 unspecified atom stereocenters. The van der Waals surface area contributed by atoms with E-state index < -0.39 is 4.65 Å². The molecule has 138 valence electrons. The normalized spacial score (nSPS) is 20.1. The third-order valence-corrected chi connectivity index (χ3v) is 5.14. The van der Waals surface area contributed by atoms with Crippen molar-refractivity contribution in [3.05, 3.63) is 40.6 Å². The van der Waals surface area contributed by atoms with Crippen LogP contribution < -0.4 is 28.5 Å². The molecule has 2 aromatic rings. The second kappa shape index (κ2) is 5.96. The molecule has 0 aliphatic carbocycles. The predicted octanol–water partition coefficient (Wildman–Crippen LogP) is 3.02. The van der Waals surface area contributed by atoms with Gasteiger partial charge in [0.1, 0.15) is 12.2 Å². The van der Waals surface area contributed by atoms with Crippen molar-refractivity contribution in [2.75, 3.05) is 40.0 Å². The Labute approximate surface area is 152 Å². The summed E-state index contributed by atoms with van der Waals surface area (Å²) in [5.41, 5.74) is 3.63. The summed E-state index contributed by atoms with van der Waals surface area (Å²) in [5.74, 6) is 2.50. The first-order valence-corrected chi connectivity index (χ1v) is 8.36. The number of hydroxylamine groups is 2. The Morgan fingerprint density at radius 2 is 1.35 bits per heavy atom. The minimum atomic E-state index is -0.460. The minimum absolute atomic E-state index is 0.328. The third-order valence-electron chi connectivity index (χ3n) is 5.14. The largest absolute Gasteiger partial charge is 0.626 e. The molecule has 4 rings (SSSR count). The van der Waals surface area contributed by atoms with Crippen LogP contribution in [0.1, 0.15) is 11.1 Å². The fourth-order valence-corrected chi connectivity index (χ4v) is 3.93. The first kappa shape index (κ1) is 16.8. The summed E-state index contributed by atoms with van der Waals surface area (Å²) in [5, 5.41) is 13.7. The first-order valence-electron chi connectivity index (χ1n) is 8.36. The molecule has 7 nitrogen and oxygen atoms in total. The number of hydrogen-bond acceptors (Lipinski definition) is 6. The molecular weight excluding hydrogens is 336 g/mol. The zero-order valence-electron chi connectivity index (χ0n) is 15.4. The van der Waals surface area contributed by atoms with Crippen molar-refractivity contribution >= 4 is 11.4 Å². The van der Waals surface area contributed by atoms with Crippen LogP contribution in [-0.4, -0.2) is 35.1 Å². The maximum Gasteiger partial charge on any atom is 0.166 e. The Balaban J connectivity index is 1.85. The molecular formula is C19H22N2O5. The van der Waals surface area contributed by atoms with E-state index in [0.29, 0.717) is 42.8 Å². The van der Waals surface area contributed by atoms with Gasteiger partial charge in [-0.25, -0.2) is 0 Å². The number of nitrogens with zero attached hydrogens (tertiary/aromatic N) is 2. The van der Waals surface area contributed by atoms with Gasteiger partial charge in [0.2, 0.25) is 0 Å². The van der Waals surface area contributed by atoms with Gasteiger partial charge in [-0.3, -0.25) is 0 Å². The molecule has 0 amide bonds. The number of hydrogen-bond donors (Lipinski definition) is 0. The highest BCUT2D eigenvalue weighted by Crippen LogP contribution is 2.48. The van der Waals surface area contributed by atoms with E-state index in [0.717, 1.165) is 22.5 Å². The van der Waals surface area contributed by atoms with Crippen LogP contribution in [0.4, 0.5) is 11.4 Å². The summed E-state index contributed by atoms with van der Waals surface area (Å²) in [6.07, 6.45) is 0.